The largest absolute Gasteiger partial charge is 0.477 e. The number of nitrogen functional groups attached to an aromatic ring is 1. The molecule has 0 aliphatic carbocycles. The molecule has 15 heteroatoms. The monoisotopic (exact) mass is 569 g/mol. The van der Waals surface area contributed by atoms with Crippen molar-refractivity contribution in [3.8, 4) is 0 Å². The van der Waals surface area contributed by atoms with Gasteiger partial charge in [-0.15, -0.1) is 11.8 Å². The molecule has 0 saturated carbocycles. The zero-order chi connectivity index (χ0) is 28.0. The van der Waals surface area contributed by atoms with Crippen LogP contribution in [-0.2, 0) is 14.4 Å². The normalized spacial score (nSPS) is 20.1. The van der Waals surface area contributed by atoms with Crippen molar-refractivity contribution in [1.82, 2.24) is 25.8 Å². The van der Waals surface area contributed by atoms with E-state index in [9.17, 15) is 23.9 Å². The van der Waals surface area contributed by atoms with Gasteiger partial charge < -0.3 is 32.1 Å². The molecule has 3 rings (SSSR count). The second-order valence-electron chi connectivity index (χ2n) is 8.96. The molecule has 38 heavy (non-hydrogen) atoms. The number of hydrogen-bond acceptors (Lipinski definition) is 10. The molecule has 9 N–H and O–H groups in total. The number of nitrogens with two attached hydrogens (primary N) is 2. The molecule has 2 amide bonds. The molecule has 0 radical (unpaired) electrons. The summed E-state index contributed by atoms with van der Waals surface area (Å²) in [6, 6.07) is -0.860. The number of nitrogens with zero attached hydrogens (tertiary/aromatic N) is 2. The predicted octanol–water partition coefficient (Wildman–Crippen LogP) is -0.584. The van der Waals surface area contributed by atoms with Gasteiger partial charge in [0.2, 0.25) is 5.13 Å². The second kappa shape index (κ2) is 13.2. The van der Waals surface area contributed by atoms with Crippen molar-refractivity contribution >= 4 is 51.7 Å². The van der Waals surface area contributed by atoms with Gasteiger partial charge in [0.15, 0.2) is 5.13 Å². The third-order valence-electron chi connectivity index (χ3n) is 6.09. The SMILES string of the molecule is CC/C=C(\CC(C)[NH2+]CC1=C(C(=O)O)N2C(=O)C(NC(=O)C(=N)c3nc(N)sc3F)[C@H]2SC1)NCCNC. The number of amides is 2. The summed E-state index contributed by atoms with van der Waals surface area (Å²) in [6.45, 7) is 6.20. The van der Waals surface area contributed by atoms with E-state index in [1.54, 1.807) is 0 Å². The Morgan fingerprint density at radius 2 is 2.16 bits per heavy atom. The zero-order valence-electron chi connectivity index (χ0n) is 21.5. The van der Waals surface area contributed by atoms with Crippen molar-refractivity contribution in [3.63, 3.8) is 0 Å². The molecule has 1 saturated heterocycles. The minimum atomic E-state index is -1.21. The minimum Gasteiger partial charge on any atom is -0.477 e. The van der Waals surface area contributed by atoms with Gasteiger partial charge in [-0.1, -0.05) is 24.3 Å². The number of aromatic nitrogens is 1. The smallest absolute Gasteiger partial charge is 0.352 e. The first kappa shape index (κ1) is 29.5. The predicted molar refractivity (Wildman–Crippen MR) is 144 cm³/mol. The fourth-order valence-electron chi connectivity index (χ4n) is 4.23. The standard InChI is InChI=1S/C23H33FN8O4S2/c1-4-5-13(28-7-6-27-3)8-11(2)29-9-12-10-37-21-16(20(34)32(21)17(12)22(35)36)30-19(33)14(25)15-18(24)38-23(26)31-15/h5,11,16,21,25,27-29H,4,6-10H2,1-3H3,(H2,26,31)(H,30,33)(H,35,36)/p+1/b13-5+,25-14?/t11?,16?,21-/m1/s1. The number of thiazole rings is 1. The number of thioether (sulfide) groups is 1. The van der Waals surface area contributed by atoms with E-state index in [-0.39, 0.29) is 16.9 Å². The average Bonchev–Trinajstić information content (AvgIpc) is 3.22. The van der Waals surface area contributed by atoms with Gasteiger partial charge in [0.25, 0.3) is 11.8 Å². The van der Waals surface area contributed by atoms with Crippen LogP contribution in [0, 0.1) is 10.5 Å². The van der Waals surface area contributed by atoms with Gasteiger partial charge in [-0.3, -0.25) is 19.9 Å². The maximum absolute atomic E-state index is 13.9. The van der Waals surface area contributed by atoms with Crippen LogP contribution in [0.15, 0.2) is 23.0 Å². The Bertz CT molecular complexity index is 1150. The van der Waals surface area contributed by atoms with Crippen LogP contribution in [0.4, 0.5) is 9.52 Å². The third kappa shape index (κ3) is 6.70. The summed E-state index contributed by atoms with van der Waals surface area (Å²) < 4.78 is 13.9. The van der Waals surface area contributed by atoms with E-state index >= 15 is 0 Å². The lowest BCUT2D eigenvalue weighted by Gasteiger charge is -2.49. The number of halogens is 1. The van der Waals surface area contributed by atoms with E-state index in [0.717, 1.165) is 31.6 Å². The van der Waals surface area contributed by atoms with Crippen molar-refractivity contribution in [3.05, 3.63) is 33.9 Å². The molecular formula is C23H34FN8O4S2+. The molecule has 2 aliphatic rings. The molecule has 0 spiro atoms. The van der Waals surface area contributed by atoms with Gasteiger partial charge in [-0.25, -0.2) is 9.78 Å². The van der Waals surface area contributed by atoms with Crippen molar-refractivity contribution in [2.45, 2.75) is 44.1 Å². The molecule has 0 aromatic carbocycles. The lowest BCUT2D eigenvalue weighted by atomic mass is 10.0. The lowest BCUT2D eigenvalue weighted by Crippen LogP contribution is -2.90. The van der Waals surface area contributed by atoms with Gasteiger partial charge >= 0.3 is 5.97 Å². The summed E-state index contributed by atoms with van der Waals surface area (Å²) in [5.41, 5.74) is 5.88. The first-order chi connectivity index (χ1) is 18.1. The van der Waals surface area contributed by atoms with Crippen LogP contribution in [0.2, 0.25) is 0 Å². The molecule has 0 bridgehead atoms. The minimum absolute atomic E-state index is 0.0717. The molecule has 3 heterocycles. The lowest BCUT2D eigenvalue weighted by molar-refractivity contribution is -0.679. The van der Waals surface area contributed by atoms with E-state index in [2.05, 4.69) is 46.2 Å². The molecule has 12 nitrogen and oxygen atoms in total. The topological polar surface area (TPSA) is 190 Å². The number of quaternary nitrogens is 1. The molecule has 1 aromatic rings. The van der Waals surface area contributed by atoms with Crippen molar-refractivity contribution < 1.29 is 29.2 Å². The number of β-lactam (4-membered cyclic amide) rings is 1. The Morgan fingerprint density at radius 3 is 2.76 bits per heavy atom. The summed E-state index contributed by atoms with van der Waals surface area (Å²) in [5.74, 6) is -2.41. The summed E-state index contributed by atoms with van der Waals surface area (Å²) >= 11 is 1.85. The van der Waals surface area contributed by atoms with Gasteiger partial charge in [0.1, 0.15) is 35.1 Å². The Hall–Kier alpha value is -3.01. The highest BCUT2D eigenvalue weighted by Gasteiger charge is 2.54. The Morgan fingerprint density at radius 1 is 1.42 bits per heavy atom. The molecular weight excluding hydrogens is 535 g/mol. The number of hydrogen-bond donors (Lipinski definition) is 7. The molecule has 3 atom stereocenters. The summed E-state index contributed by atoms with van der Waals surface area (Å²) in [4.78, 5) is 42.4. The Kier molecular flexibility index (Phi) is 10.2. The van der Waals surface area contributed by atoms with Crippen LogP contribution in [-0.4, -0.2) is 88.4 Å². The molecule has 2 unspecified atom stereocenters. The van der Waals surface area contributed by atoms with Crippen molar-refractivity contribution in [1.29, 1.82) is 5.41 Å². The third-order valence-corrected chi connectivity index (χ3v) is 8.10. The highest BCUT2D eigenvalue weighted by molar-refractivity contribution is 8.00. The number of carbonyl (C=O) groups is 3. The number of carboxylic acids is 1. The van der Waals surface area contributed by atoms with Crippen LogP contribution in [0.25, 0.3) is 0 Å². The Balaban J connectivity index is 1.63. The van der Waals surface area contributed by atoms with E-state index in [4.69, 9.17) is 11.1 Å². The second-order valence-corrected chi connectivity index (χ2v) is 11.0. The fourth-order valence-corrected chi connectivity index (χ4v) is 6.15. The van der Waals surface area contributed by atoms with E-state index < -0.39 is 45.7 Å². The number of allylic oxidation sites excluding steroid dienone is 1. The summed E-state index contributed by atoms with van der Waals surface area (Å²) in [6.07, 6.45) is 3.84. The number of fused-ring (bicyclic) bond motifs is 1. The first-order valence-corrected chi connectivity index (χ1v) is 14.1. The molecule has 1 aromatic heterocycles. The number of nitrogens with one attached hydrogen (secondary N) is 4. The summed E-state index contributed by atoms with van der Waals surface area (Å²) in [5, 5.41) is 27.2. The number of aliphatic carboxylic acids is 1. The number of carboxylic acid groups (broad SMARTS) is 1. The highest BCUT2D eigenvalue weighted by atomic mass is 32.2. The first-order valence-electron chi connectivity index (χ1n) is 12.2. The van der Waals surface area contributed by atoms with E-state index in [1.165, 1.54) is 16.7 Å². The van der Waals surface area contributed by atoms with Crippen LogP contribution < -0.4 is 27.0 Å². The Labute approximate surface area is 228 Å². The van der Waals surface area contributed by atoms with Crippen LogP contribution in [0.5, 0.6) is 0 Å². The van der Waals surface area contributed by atoms with Crippen LogP contribution in [0.1, 0.15) is 32.4 Å². The molecule has 208 valence electrons. The quantitative estimate of drug-likeness (QED) is 0.0872. The van der Waals surface area contributed by atoms with Crippen LogP contribution >= 0.6 is 23.1 Å². The summed E-state index contributed by atoms with van der Waals surface area (Å²) in [7, 11) is 1.90. The zero-order valence-corrected chi connectivity index (χ0v) is 23.1. The average molecular weight is 570 g/mol. The number of carbonyl (C=O) groups excluding carboxylic acids is 2. The molecule has 1 fully saturated rings. The number of likely N-dealkylation sites (N-methyl/N-ethyl adjacent to an activating group) is 1. The molecule has 2 aliphatic heterocycles. The van der Waals surface area contributed by atoms with E-state index in [1.807, 2.05) is 7.05 Å². The highest BCUT2D eigenvalue weighted by Crippen LogP contribution is 2.40. The van der Waals surface area contributed by atoms with Gasteiger partial charge in [-0.05, 0) is 20.4 Å². The van der Waals surface area contributed by atoms with Gasteiger partial charge in [-0.2, -0.15) is 4.39 Å². The van der Waals surface area contributed by atoms with Crippen molar-refractivity contribution in [2.75, 3.05) is 38.2 Å². The fraction of sp³-hybridized carbons (Fsp3) is 0.522. The van der Waals surface area contributed by atoms with Gasteiger partial charge in [0.05, 0.1) is 6.04 Å². The number of anilines is 1. The maximum atomic E-state index is 13.9. The van der Waals surface area contributed by atoms with Crippen LogP contribution in [0.3, 0.4) is 0 Å². The van der Waals surface area contributed by atoms with Crippen molar-refractivity contribution in [2.24, 2.45) is 0 Å². The maximum Gasteiger partial charge on any atom is 0.352 e. The van der Waals surface area contributed by atoms with Gasteiger partial charge in [0, 0.05) is 36.5 Å². The number of rotatable bonds is 14. The van der Waals surface area contributed by atoms with E-state index in [0.29, 0.717) is 29.2 Å².